The molecular formula is C39H47Cl3N6O11. The van der Waals surface area contributed by atoms with Crippen LogP contribution in [0.15, 0.2) is 97.1 Å². The van der Waals surface area contributed by atoms with E-state index in [1.807, 2.05) is 0 Å². The molecule has 4 rings (SSSR count). The van der Waals surface area contributed by atoms with E-state index in [4.69, 9.17) is 60.2 Å². The van der Waals surface area contributed by atoms with Gasteiger partial charge in [0, 0.05) is 63.3 Å². The summed E-state index contributed by atoms with van der Waals surface area (Å²) in [7, 11) is 2.69. The molecule has 3 atom stereocenters. The van der Waals surface area contributed by atoms with Crippen LogP contribution in [0.1, 0.15) is 66.1 Å². The molecule has 3 unspecified atom stereocenters. The largest absolute Gasteiger partial charge is 0.479 e. The number of nitrogen functional groups attached to an aromatic ring is 1. The maximum absolute atomic E-state index is 10.8. The average Bonchev–Trinajstić information content (AvgIpc) is 3.17. The molecule has 0 saturated carbocycles. The number of ether oxygens (including phenoxy) is 2. The van der Waals surface area contributed by atoms with Gasteiger partial charge < -0.3 is 46.5 Å². The molecular weight excluding hydrogens is 835 g/mol. The SMILES string of the molecule is CC(=O)Nc1ccc(C(O)C(Cl)(Cl)Cl)cc1.CC(=O)Nc1ccc(C=O)cc1.COC(C(=O)O)c1ccc(N)cc1.COC(C(=O)O)c1ccc(NC(C)=O)cc1.NN. The summed E-state index contributed by atoms with van der Waals surface area (Å²) in [4.78, 5) is 63.8. The number of aliphatic hydroxyl groups excluding tert-OH is 1. The Kier molecular flexibility index (Phi) is 25.2. The van der Waals surface area contributed by atoms with Crippen molar-refractivity contribution in [1.82, 2.24) is 0 Å². The van der Waals surface area contributed by atoms with Crippen molar-refractivity contribution < 1.29 is 53.6 Å². The van der Waals surface area contributed by atoms with Crippen LogP contribution in [0.25, 0.3) is 0 Å². The first-order valence-corrected chi connectivity index (χ1v) is 17.9. The topological polar surface area (TPSA) is 296 Å². The van der Waals surface area contributed by atoms with E-state index in [1.54, 1.807) is 97.1 Å². The van der Waals surface area contributed by atoms with E-state index in [0.29, 0.717) is 45.0 Å². The zero-order valence-electron chi connectivity index (χ0n) is 32.5. The molecule has 0 bridgehead atoms. The summed E-state index contributed by atoms with van der Waals surface area (Å²) in [5.41, 5.74) is 10.2. The normalized spacial score (nSPS) is 11.5. The molecule has 320 valence electrons. The van der Waals surface area contributed by atoms with Crippen LogP contribution in [0.5, 0.6) is 0 Å². The van der Waals surface area contributed by atoms with Gasteiger partial charge >= 0.3 is 11.9 Å². The number of aldehydes is 1. The van der Waals surface area contributed by atoms with Crippen molar-refractivity contribution in [3.63, 3.8) is 0 Å². The van der Waals surface area contributed by atoms with Gasteiger partial charge in [0.15, 0.2) is 12.2 Å². The summed E-state index contributed by atoms with van der Waals surface area (Å²) >= 11 is 16.7. The van der Waals surface area contributed by atoms with Crippen molar-refractivity contribution in [2.45, 2.75) is 42.9 Å². The smallest absolute Gasteiger partial charge is 0.337 e. The number of hydrogen-bond donors (Lipinski definition) is 9. The summed E-state index contributed by atoms with van der Waals surface area (Å²) in [5, 5.41) is 35.0. The third-order valence-corrected chi connectivity index (χ3v) is 7.54. The number of benzene rings is 4. The van der Waals surface area contributed by atoms with E-state index in [0.717, 1.165) is 6.29 Å². The lowest BCUT2D eigenvalue weighted by molar-refractivity contribution is -0.149. The lowest BCUT2D eigenvalue weighted by Gasteiger charge is -2.19. The number of methoxy groups -OCH3 is 2. The van der Waals surface area contributed by atoms with E-state index in [2.05, 4.69) is 27.6 Å². The number of amides is 3. The Morgan fingerprint density at radius 3 is 1.14 bits per heavy atom. The zero-order valence-corrected chi connectivity index (χ0v) is 34.8. The number of hydrazine groups is 1. The first-order valence-electron chi connectivity index (χ1n) is 16.7. The van der Waals surface area contributed by atoms with Crippen LogP contribution in [0.2, 0.25) is 0 Å². The minimum absolute atomic E-state index is 0.117. The Labute approximate surface area is 355 Å². The molecule has 0 aromatic heterocycles. The highest BCUT2D eigenvalue weighted by molar-refractivity contribution is 6.68. The highest BCUT2D eigenvalue weighted by Gasteiger charge is 2.32. The third kappa shape index (κ3) is 21.6. The molecule has 0 heterocycles. The molecule has 0 aliphatic carbocycles. The molecule has 0 aliphatic rings. The van der Waals surface area contributed by atoms with Crippen LogP contribution in [-0.4, -0.2) is 69.3 Å². The van der Waals surface area contributed by atoms with E-state index in [1.165, 1.54) is 35.0 Å². The summed E-state index contributed by atoms with van der Waals surface area (Å²) in [5.74, 6) is 5.49. The number of carboxylic acids is 2. The van der Waals surface area contributed by atoms with Gasteiger partial charge in [0.1, 0.15) is 12.4 Å². The molecule has 59 heavy (non-hydrogen) atoms. The number of anilines is 4. The number of nitrogens with two attached hydrogens (primary N) is 3. The standard InChI is InChI=1S/C11H13NO4.C10H10Cl3NO2.C9H11NO3.C9H9NO2.H4N2/c1-7(13)12-9-5-3-8(4-6-9)10(16-2)11(14)15;1-6(15)14-8-4-2-7(3-5-8)9(16)10(11,12)13;1-13-8(9(11)12)6-2-4-7(10)5-3-6;1-7(12)10-9-4-2-8(6-11)3-5-9;1-2/h3-6,10H,1-2H3,(H,12,13)(H,14,15);2-5,9,16H,1H3,(H,14,15);2-5,8H,10H2,1H3,(H,11,12);2-6H,1H3,(H,10,12);1-2H2. The third-order valence-electron chi connectivity index (χ3n) is 6.92. The Hall–Kier alpha value is -5.63. The van der Waals surface area contributed by atoms with Gasteiger partial charge in [-0.15, -0.1) is 0 Å². The lowest BCUT2D eigenvalue weighted by atomic mass is 10.1. The monoisotopic (exact) mass is 880 g/mol. The molecule has 17 nitrogen and oxygen atoms in total. The van der Waals surface area contributed by atoms with Crippen LogP contribution < -0.4 is 33.4 Å². The molecule has 4 aromatic carbocycles. The molecule has 0 aliphatic heterocycles. The van der Waals surface area contributed by atoms with Gasteiger partial charge in [-0.3, -0.25) is 30.9 Å². The van der Waals surface area contributed by atoms with Gasteiger partial charge in [-0.2, -0.15) is 0 Å². The predicted octanol–water partition coefficient (Wildman–Crippen LogP) is 5.78. The second-order valence-corrected chi connectivity index (χ2v) is 13.9. The van der Waals surface area contributed by atoms with Crippen LogP contribution in [0.3, 0.4) is 0 Å². The zero-order chi connectivity index (χ0) is 45.3. The minimum Gasteiger partial charge on any atom is -0.479 e. The number of carbonyl (C=O) groups is 6. The van der Waals surface area contributed by atoms with Gasteiger partial charge in [-0.05, 0) is 77.4 Å². The summed E-state index contributed by atoms with van der Waals surface area (Å²) < 4.78 is 7.86. The van der Waals surface area contributed by atoms with Gasteiger partial charge in [-0.25, -0.2) is 9.59 Å². The van der Waals surface area contributed by atoms with E-state index < -0.39 is 34.0 Å². The predicted molar refractivity (Wildman–Crippen MR) is 227 cm³/mol. The number of aliphatic hydroxyl groups is 1. The molecule has 3 amide bonds. The lowest BCUT2D eigenvalue weighted by Crippen LogP contribution is -2.16. The highest BCUT2D eigenvalue weighted by atomic mass is 35.6. The molecule has 0 radical (unpaired) electrons. The summed E-state index contributed by atoms with van der Waals surface area (Å²) in [6, 6.07) is 26.1. The minimum atomic E-state index is -1.77. The van der Waals surface area contributed by atoms with Gasteiger partial charge in [0.05, 0.1) is 0 Å². The van der Waals surface area contributed by atoms with Crippen LogP contribution in [-0.2, 0) is 33.4 Å². The van der Waals surface area contributed by atoms with Gasteiger partial charge in [0.2, 0.25) is 21.5 Å². The maximum Gasteiger partial charge on any atom is 0.337 e. The van der Waals surface area contributed by atoms with E-state index >= 15 is 0 Å². The quantitative estimate of drug-likeness (QED) is 0.0284. The van der Waals surface area contributed by atoms with Crippen molar-refractivity contribution in [2.24, 2.45) is 11.7 Å². The number of nitrogens with one attached hydrogen (secondary N) is 3. The van der Waals surface area contributed by atoms with E-state index in [9.17, 15) is 33.9 Å². The van der Waals surface area contributed by atoms with Crippen molar-refractivity contribution in [3.8, 4) is 0 Å². The van der Waals surface area contributed by atoms with Crippen molar-refractivity contribution >= 4 is 93.5 Å². The van der Waals surface area contributed by atoms with E-state index in [-0.39, 0.29) is 17.7 Å². The second-order valence-electron chi connectivity index (χ2n) is 11.5. The number of alkyl halides is 3. The Morgan fingerprint density at radius 2 is 0.881 bits per heavy atom. The fourth-order valence-corrected chi connectivity index (χ4v) is 4.74. The summed E-state index contributed by atoms with van der Waals surface area (Å²) in [6.07, 6.45) is -2.34. The van der Waals surface area contributed by atoms with Crippen LogP contribution >= 0.6 is 34.8 Å². The Bertz CT molecular complexity index is 1910. The Morgan fingerprint density at radius 1 is 0.593 bits per heavy atom. The molecule has 4 aromatic rings. The van der Waals surface area contributed by atoms with Crippen molar-refractivity contribution in [2.75, 3.05) is 35.9 Å². The fourth-order valence-electron chi connectivity index (χ4n) is 4.36. The summed E-state index contributed by atoms with van der Waals surface area (Å²) in [6.45, 7) is 4.25. The molecule has 0 fully saturated rings. The fraction of sp³-hybridized carbons (Fsp3) is 0.231. The molecule has 20 heteroatoms. The maximum atomic E-state index is 10.8. The Balaban J connectivity index is 0.000000754. The number of hydrogen-bond acceptors (Lipinski definition) is 12. The van der Waals surface area contributed by atoms with Crippen molar-refractivity contribution in [3.05, 3.63) is 119 Å². The number of carbonyl (C=O) groups excluding carboxylic acids is 4. The molecule has 12 N–H and O–H groups in total. The number of rotatable bonds is 11. The van der Waals surface area contributed by atoms with Gasteiger partial charge in [-0.1, -0.05) is 71.2 Å². The second kappa shape index (κ2) is 27.9. The molecule has 0 saturated heterocycles. The van der Waals surface area contributed by atoms with Crippen LogP contribution in [0.4, 0.5) is 22.7 Å². The van der Waals surface area contributed by atoms with Crippen molar-refractivity contribution in [1.29, 1.82) is 0 Å². The highest BCUT2D eigenvalue weighted by Crippen LogP contribution is 2.39. The number of halogens is 3. The number of aliphatic carboxylic acids is 2. The van der Waals surface area contributed by atoms with Crippen LogP contribution in [0, 0.1) is 0 Å². The average molecular weight is 882 g/mol. The first-order chi connectivity index (χ1) is 27.7. The van der Waals surface area contributed by atoms with Gasteiger partial charge in [0.25, 0.3) is 0 Å². The first kappa shape index (κ1) is 53.4. The number of carboxylic acid groups (broad SMARTS) is 2. The molecule has 0 spiro atoms.